The van der Waals surface area contributed by atoms with Gasteiger partial charge in [-0.2, -0.15) is 0 Å². The van der Waals surface area contributed by atoms with Gasteiger partial charge in [-0.3, -0.25) is 0 Å². The SMILES string of the molecule is CCc1nc2c(C)cccc2n1CC(O)COCCC[Si](OC)(OC)OC. The Morgan fingerprint density at radius 1 is 1.19 bits per heavy atom. The van der Waals surface area contributed by atoms with Gasteiger partial charge in [-0.1, -0.05) is 19.1 Å². The molecule has 1 unspecified atom stereocenters. The average molecular weight is 397 g/mol. The molecule has 0 bridgehead atoms. The molecule has 1 aromatic heterocycles. The van der Waals surface area contributed by atoms with Gasteiger partial charge in [-0.05, 0) is 25.0 Å². The Labute approximate surface area is 162 Å². The number of rotatable bonds is 12. The predicted octanol–water partition coefficient (Wildman–Crippen LogP) is 2.55. The molecule has 0 aliphatic heterocycles. The van der Waals surface area contributed by atoms with Crippen molar-refractivity contribution >= 4 is 19.8 Å². The van der Waals surface area contributed by atoms with E-state index in [9.17, 15) is 5.11 Å². The van der Waals surface area contributed by atoms with Gasteiger partial charge in [-0.15, -0.1) is 0 Å². The summed E-state index contributed by atoms with van der Waals surface area (Å²) in [5.74, 6) is 0.981. The van der Waals surface area contributed by atoms with Gasteiger partial charge in [0.05, 0.1) is 30.3 Å². The van der Waals surface area contributed by atoms with Crippen LogP contribution in [0.3, 0.4) is 0 Å². The Balaban J connectivity index is 1.87. The summed E-state index contributed by atoms with van der Waals surface area (Å²) in [5, 5.41) is 10.4. The molecule has 0 radical (unpaired) electrons. The molecule has 0 spiro atoms. The van der Waals surface area contributed by atoms with Crippen LogP contribution in [-0.2, 0) is 31.0 Å². The summed E-state index contributed by atoms with van der Waals surface area (Å²) in [4.78, 5) is 4.72. The molecule has 0 amide bonds. The first-order valence-corrected chi connectivity index (χ1v) is 11.3. The quantitative estimate of drug-likeness (QED) is 0.439. The minimum atomic E-state index is -2.55. The highest BCUT2D eigenvalue weighted by Gasteiger charge is 2.36. The number of fused-ring (bicyclic) bond motifs is 1. The van der Waals surface area contributed by atoms with Crippen molar-refractivity contribution in [3.8, 4) is 0 Å². The number of imidazole rings is 1. The summed E-state index contributed by atoms with van der Waals surface area (Å²) in [7, 11) is 2.26. The second-order valence-electron chi connectivity index (χ2n) is 6.56. The van der Waals surface area contributed by atoms with Crippen molar-refractivity contribution in [2.75, 3.05) is 34.5 Å². The lowest BCUT2D eigenvalue weighted by Gasteiger charge is -2.24. The summed E-state index contributed by atoms with van der Waals surface area (Å²) >= 11 is 0. The van der Waals surface area contributed by atoms with Gasteiger partial charge in [0.25, 0.3) is 0 Å². The zero-order valence-electron chi connectivity index (χ0n) is 17.0. The van der Waals surface area contributed by atoms with Crippen molar-refractivity contribution in [1.82, 2.24) is 9.55 Å². The maximum atomic E-state index is 10.4. The van der Waals surface area contributed by atoms with Crippen molar-refractivity contribution in [2.24, 2.45) is 0 Å². The third-order valence-electron chi connectivity index (χ3n) is 4.78. The van der Waals surface area contributed by atoms with Crippen LogP contribution in [0, 0.1) is 6.92 Å². The summed E-state index contributed by atoms with van der Waals surface area (Å²) in [5.41, 5.74) is 3.21. The lowest BCUT2D eigenvalue weighted by atomic mass is 10.2. The van der Waals surface area contributed by atoms with Gasteiger partial charge in [0.2, 0.25) is 0 Å². The average Bonchev–Trinajstić information content (AvgIpc) is 3.04. The molecule has 1 aromatic carbocycles. The number of aliphatic hydroxyl groups excluding tert-OH is 1. The number of aliphatic hydroxyl groups is 1. The van der Waals surface area contributed by atoms with Crippen LogP contribution in [0.4, 0.5) is 0 Å². The molecule has 2 rings (SSSR count). The molecule has 1 heterocycles. The van der Waals surface area contributed by atoms with Crippen LogP contribution < -0.4 is 0 Å². The Bertz CT molecular complexity index is 709. The maximum Gasteiger partial charge on any atom is 0.500 e. The van der Waals surface area contributed by atoms with Crippen LogP contribution in [0.25, 0.3) is 11.0 Å². The standard InChI is InChI=1S/C19H32N2O5Si/c1-6-18-20-19-15(2)9-7-10-17(19)21(18)13-16(22)14-26-11-8-12-27(23-3,24-4)25-5/h7,9-10,16,22H,6,8,11-14H2,1-5H3. The van der Waals surface area contributed by atoms with E-state index in [1.807, 2.05) is 12.1 Å². The minimum Gasteiger partial charge on any atom is -0.389 e. The van der Waals surface area contributed by atoms with Crippen molar-refractivity contribution < 1.29 is 23.1 Å². The van der Waals surface area contributed by atoms with E-state index in [1.165, 1.54) is 0 Å². The van der Waals surface area contributed by atoms with Crippen molar-refractivity contribution in [2.45, 2.75) is 45.4 Å². The zero-order chi connectivity index (χ0) is 19.9. The summed E-state index contributed by atoms with van der Waals surface area (Å²) in [6.45, 7) is 5.40. The first kappa shape index (κ1) is 22.0. The third kappa shape index (κ3) is 5.37. The topological polar surface area (TPSA) is 75.0 Å². The Morgan fingerprint density at radius 3 is 2.52 bits per heavy atom. The van der Waals surface area contributed by atoms with E-state index in [0.29, 0.717) is 19.2 Å². The number of nitrogens with zero attached hydrogens (tertiary/aromatic N) is 2. The Hall–Kier alpha value is -1.29. The van der Waals surface area contributed by atoms with Gasteiger partial charge in [0, 0.05) is 40.4 Å². The lowest BCUT2D eigenvalue weighted by molar-refractivity contribution is 0.0268. The first-order chi connectivity index (χ1) is 13.0. The molecular weight excluding hydrogens is 364 g/mol. The summed E-state index contributed by atoms with van der Waals surface area (Å²) in [6, 6.07) is 6.81. The Morgan fingerprint density at radius 2 is 1.89 bits per heavy atom. The maximum absolute atomic E-state index is 10.4. The second kappa shape index (κ2) is 10.3. The molecule has 0 aliphatic carbocycles. The van der Waals surface area contributed by atoms with Gasteiger partial charge < -0.3 is 27.7 Å². The molecule has 1 N–H and O–H groups in total. The fraction of sp³-hybridized carbons (Fsp3) is 0.632. The number of hydrogen-bond acceptors (Lipinski definition) is 6. The number of aromatic nitrogens is 2. The molecule has 152 valence electrons. The molecule has 0 aliphatic rings. The number of benzene rings is 1. The van der Waals surface area contributed by atoms with Gasteiger partial charge in [0.1, 0.15) is 5.82 Å². The largest absolute Gasteiger partial charge is 0.500 e. The third-order valence-corrected chi connectivity index (χ3v) is 7.62. The van der Waals surface area contributed by atoms with E-state index in [-0.39, 0.29) is 6.61 Å². The highest BCUT2D eigenvalue weighted by atomic mass is 28.4. The van der Waals surface area contributed by atoms with E-state index in [0.717, 1.165) is 35.3 Å². The Kier molecular flexibility index (Phi) is 8.40. The van der Waals surface area contributed by atoms with E-state index < -0.39 is 14.9 Å². The highest BCUT2D eigenvalue weighted by Crippen LogP contribution is 2.20. The van der Waals surface area contributed by atoms with E-state index in [4.69, 9.17) is 23.0 Å². The van der Waals surface area contributed by atoms with Crippen LogP contribution in [0.2, 0.25) is 6.04 Å². The number of aryl methyl sites for hydroxylation is 2. The molecule has 0 fully saturated rings. The molecule has 0 saturated heterocycles. The molecule has 7 nitrogen and oxygen atoms in total. The van der Waals surface area contributed by atoms with Crippen LogP contribution >= 0.6 is 0 Å². The van der Waals surface area contributed by atoms with E-state index >= 15 is 0 Å². The smallest absolute Gasteiger partial charge is 0.389 e. The number of hydrogen-bond donors (Lipinski definition) is 1. The molecule has 1 atom stereocenters. The van der Waals surface area contributed by atoms with Crippen LogP contribution in [-0.4, -0.2) is 64.1 Å². The normalized spacial score (nSPS) is 13.4. The minimum absolute atomic E-state index is 0.274. The highest BCUT2D eigenvalue weighted by molar-refractivity contribution is 6.60. The monoisotopic (exact) mass is 396 g/mol. The van der Waals surface area contributed by atoms with Gasteiger partial charge in [-0.25, -0.2) is 4.98 Å². The first-order valence-electron chi connectivity index (χ1n) is 9.36. The van der Waals surface area contributed by atoms with Crippen molar-refractivity contribution in [3.05, 3.63) is 29.6 Å². The van der Waals surface area contributed by atoms with Gasteiger partial charge in [0.15, 0.2) is 0 Å². The summed E-state index contributed by atoms with van der Waals surface area (Å²) < 4.78 is 23.9. The fourth-order valence-corrected chi connectivity index (χ4v) is 4.93. The van der Waals surface area contributed by atoms with Crippen LogP contribution in [0.1, 0.15) is 24.7 Å². The van der Waals surface area contributed by atoms with E-state index in [2.05, 4.69) is 24.5 Å². The second-order valence-corrected chi connectivity index (χ2v) is 9.65. The lowest BCUT2D eigenvalue weighted by Crippen LogP contribution is -2.42. The van der Waals surface area contributed by atoms with Crippen molar-refractivity contribution in [3.63, 3.8) is 0 Å². The fourth-order valence-electron chi connectivity index (χ4n) is 3.24. The summed E-state index contributed by atoms with van der Waals surface area (Å²) in [6.07, 6.45) is 0.976. The molecule has 0 saturated carbocycles. The zero-order valence-corrected chi connectivity index (χ0v) is 18.0. The molecule has 2 aromatic rings. The number of para-hydroxylation sites is 1. The van der Waals surface area contributed by atoms with Crippen LogP contribution in [0.5, 0.6) is 0 Å². The number of ether oxygens (including phenoxy) is 1. The predicted molar refractivity (Wildman–Crippen MR) is 107 cm³/mol. The molecule has 27 heavy (non-hydrogen) atoms. The van der Waals surface area contributed by atoms with Crippen LogP contribution in [0.15, 0.2) is 18.2 Å². The van der Waals surface area contributed by atoms with E-state index in [1.54, 1.807) is 21.3 Å². The van der Waals surface area contributed by atoms with Gasteiger partial charge >= 0.3 is 8.80 Å². The molecular formula is C19H32N2O5Si. The molecule has 8 heteroatoms. The van der Waals surface area contributed by atoms with Crippen molar-refractivity contribution in [1.29, 1.82) is 0 Å².